The molecule has 4 rings (SSSR count). The van der Waals surface area contributed by atoms with E-state index in [0.717, 1.165) is 13.1 Å². The van der Waals surface area contributed by atoms with Crippen LogP contribution in [0.3, 0.4) is 0 Å². The third kappa shape index (κ3) is 2.10. The first-order valence-corrected chi connectivity index (χ1v) is 7.28. The fraction of sp³-hybridized carbons (Fsp3) is 0.222. The molecule has 0 spiro atoms. The molecule has 2 N–H and O–H groups in total. The molecule has 0 radical (unpaired) electrons. The average Bonchev–Trinajstić information content (AvgIpc) is 2.93. The zero-order valence-electron chi connectivity index (χ0n) is 12.0. The van der Waals surface area contributed by atoms with E-state index in [0.29, 0.717) is 11.7 Å². The molecule has 3 aromatic rings. The van der Waals surface area contributed by atoms with Crippen molar-refractivity contribution < 1.29 is 5.11 Å². The topological polar surface area (TPSA) is 39.3 Å². The SMILES string of the molecule is CN1Cc2cc(O)ccc2C(c2ccc3cc[nH]c3c2)C1. The van der Waals surface area contributed by atoms with Crippen LogP contribution < -0.4 is 0 Å². The molecule has 3 nitrogen and oxygen atoms in total. The number of fused-ring (bicyclic) bond motifs is 2. The van der Waals surface area contributed by atoms with Crippen LogP contribution >= 0.6 is 0 Å². The first-order valence-electron chi connectivity index (χ1n) is 7.28. The molecule has 21 heavy (non-hydrogen) atoms. The molecule has 0 fully saturated rings. The van der Waals surface area contributed by atoms with Crippen molar-refractivity contribution in [1.82, 2.24) is 9.88 Å². The van der Waals surface area contributed by atoms with E-state index >= 15 is 0 Å². The molecular weight excluding hydrogens is 260 g/mol. The maximum absolute atomic E-state index is 9.72. The van der Waals surface area contributed by atoms with Gasteiger partial charge in [0, 0.05) is 30.7 Å². The normalized spacial score (nSPS) is 18.8. The number of phenols is 1. The van der Waals surface area contributed by atoms with E-state index in [9.17, 15) is 5.11 Å². The number of nitrogens with zero attached hydrogens (tertiary/aromatic N) is 1. The Labute approximate surface area is 123 Å². The number of nitrogens with one attached hydrogen (secondary N) is 1. The van der Waals surface area contributed by atoms with Gasteiger partial charge in [-0.2, -0.15) is 0 Å². The first-order chi connectivity index (χ1) is 10.2. The van der Waals surface area contributed by atoms with Crippen LogP contribution in [-0.4, -0.2) is 28.6 Å². The van der Waals surface area contributed by atoms with Gasteiger partial charge < -0.3 is 15.0 Å². The van der Waals surface area contributed by atoms with Crippen LogP contribution in [0.15, 0.2) is 48.7 Å². The molecule has 1 unspecified atom stereocenters. The van der Waals surface area contributed by atoms with E-state index in [-0.39, 0.29) is 0 Å². The lowest BCUT2D eigenvalue weighted by atomic mass is 9.84. The monoisotopic (exact) mass is 278 g/mol. The van der Waals surface area contributed by atoms with Crippen LogP contribution in [0, 0.1) is 0 Å². The lowest BCUT2D eigenvalue weighted by Gasteiger charge is -2.32. The highest BCUT2D eigenvalue weighted by molar-refractivity contribution is 5.80. The van der Waals surface area contributed by atoms with Gasteiger partial charge in [-0.1, -0.05) is 18.2 Å². The Hall–Kier alpha value is -2.26. The largest absolute Gasteiger partial charge is 0.508 e. The second kappa shape index (κ2) is 4.64. The summed E-state index contributed by atoms with van der Waals surface area (Å²) in [6, 6.07) is 14.5. The second-order valence-corrected chi connectivity index (χ2v) is 5.96. The van der Waals surface area contributed by atoms with Crippen molar-refractivity contribution in [3.05, 3.63) is 65.4 Å². The average molecular weight is 278 g/mol. The van der Waals surface area contributed by atoms with Crippen molar-refractivity contribution in [2.45, 2.75) is 12.5 Å². The number of aromatic amines is 1. The van der Waals surface area contributed by atoms with Crippen molar-refractivity contribution in [2.24, 2.45) is 0 Å². The van der Waals surface area contributed by atoms with Gasteiger partial charge in [0.1, 0.15) is 5.75 Å². The molecule has 0 saturated heterocycles. The molecule has 1 atom stereocenters. The Morgan fingerprint density at radius 2 is 2.05 bits per heavy atom. The summed E-state index contributed by atoms with van der Waals surface area (Å²) in [5.41, 5.74) is 5.06. The van der Waals surface area contributed by atoms with E-state index in [1.807, 2.05) is 12.3 Å². The maximum atomic E-state index is 9.72. The summed E-state index contributed by atoms with van der Waals surface area (Å²) in [4.78, 5) is 5.60. The highest BCUT2D eigenvalue weighted by Crippen LogP contribution is 2.35. The van der Waals surface area contributed by atoms with Gasteiger partial charge in [0.15, 0.2) is 0 Å². The Bertz CT molecular complexity index is 806. The van der Waals surface area contributed by atoms with E-state index < -0.39 is 0 Å². The Balaban J connectivity index is 1.84. The fourth-order valence-electron chi connectivity index (χ4n) is 3.40. The number of phenolic OH excluding ortho intramolecular Hbond substituents is 1. The maximum Gasteiger partial charge on any atom is 0.115 e. The predicted octanol–water partition coefficient (Wildman–Crippen LogP) is 3.45. The van der Waals surface area contributed by atoms with Gasteiger partial charge in [-0.3, -0.25) is 0 Å². The molecule has 1 aliphatic heterocycles. The van der Waals surface area contributed by atoms with Crippen LogP contribution in [-0.2, 0) is 6.54 Å². The highest BCUT2D eigenvalue weighted by Gasteiger charge is 2.25. The van der Waals surface area contributed by atoms with Gasteiger partial charge in [0.2, 0.25) is 0 Å². The Kier molecular flexibility index (Phi) is 2.76. The minimum absolute atomic E-state index is 0.350. The summed E-state index contributed by atoms with van der Waals surface area (Å²) >= 11 is 0. The summed E-state index contributed by atoms with van der Waals surface area (Å²) < 4.78 is 0. The zero-order valence-corrected chi connectivity index (χ0v) is 12.0. The minimum Gasteiger partial charge on any atom is -0.508 e. The lowest BCUT2D eigenvalue weighted by molar-refractivity contribution is 0.294. The molecule has 1 aromatic heterocycles. The van der Waals surface area contributed by atoms with Gasteiger partial charge in [-0.25, -0.2) is 0 Å². The number of aromatic nitrogens is 1. The van der Waals surface area contributed by atoms with Crippen LogP contribution in [0.1, 0.15) is 22.6 Å². The van der Waals surface area contributed by atoms with E-state index in [2.05, 4.69) is 47.3 Å². The van der Waals surface area contributed by atoms with E-state index in [1.54, 1.807) is 6.07 Å². The lowest BCUT2D eigenvalue weighted by Crippen LogP contribution is -2.30. The highest BCUT2D eigenvalue weighted by atomic mass is 16.3. The number of hydrogen-bond donors (Lipinski definition) is 2. The van der Waals surface area contributed by atoms with Crippen molar-refractivity contribution in [3.63, 3.8) is 0 Å². The van der Waals surface area contributed by atoms with Gasteiger partial charge in [-0.05, 0) is 53.4 Å². The number of aromatic hydroxyl groups is 1. The minimum atomic E-state index is 0.350. The number of likely N-dealkylation sites (N-methyl/N-ethyl adjacent to an activating group) is 1. The Morgan fingerprint density at radius 3 is 2.95 bits per heavy atom. The molecule has 0 saturated carbocycles. The second-order valence-electron chi connectivity index (χ2n) is 5.96. The van der Waals surface area contributed by atoms with Gasteiger partial charge in [0.25, 0.3) is 0 Å². The molecule has 1 aliphatic rings. The third-order valence-electron chi connectivity index (χ3n) is 4.42. The zero-order chi connectivity index (χ0) is 14.4. The first kappa shape index (κ1) is 12.5. The van der Waals surface area contributed by atoms with E-state index in [1.165, 1.54) is 27.6 Å². The van der Waals surface area contributed by atoms with Crippen LogP contribution in [0.25, 0.3) is 10.9 Å². The molecule has 2 heterocycles. The van der Waals surface area contributed by atoms with Crippen molar-refractivity contribution in [3.8, 4) is 5.75 Å². The third-order valence-corrected chi connectivity index (χ3v) is 4.42. The number of rotatable bonds is 1. The number of hydrogen-bond acceptors (Lipinski definition) is 2. The van der Waals surface area contributed by atoms with Crippen LogP contribution in [0.5, 0.6) is 5.75 Å². The standard InChI is InChI=1S/C18H18N2O/c1-20-10-14-8-15(21)4-5-16(14)17(11-20)13-3-2-12-6-7-19-18(12)9-13/h2-9,17,19,21H,10-11H2,1H3. The summed E-state index contributed by atoms with van der Waals surface area (Å²) in [6.07, 6.45) is 1.98. The van der Waals surface area contributed by atoms with Crippen LogP contribution in [0.4, 0.5) is 0 Å². The summed E-state index contributed by atoms with van der Waals surface area (Å²) in [7, 11) is 2.13. The quantitative estimate of drug-likeness (QED) is 0.715. The Morgan fingerprint density at radius 1 is 1.14 bits per heavy atom. The van der Waals surface area contributed by atoms with Crippen molar-refractivity contribution >= 4 is 10.9 Å². The van der Waals surface area contributed by atoms with Crippen LogP contribution in [0.2, 0.25) is 0 Å². The molecular formula is C18H18N2O. The van der Waals surface area contributed by atoms with E-state index in [4.69, 9.17) is 0 Å². The summed E-state index contributed by atoms with van der Waals surface area (Å²) in [5, 5.41) is 11.0. The molecule has 106 valence electrons. The fourth-order valence-corrected chi connectivity index (χ4v) is 3.40. The van der Waals surface area contributed by atoms with Gasteiger partial charge >= 0.3 is 0 Å². The van der Waals surface area contributed by atoms with Gasteiger partial charge in [-0.15, -0.1) is 0 Å². The molecule has 0 bridgehead atoms. The van der Waals surface area contributed by atoms with Crippen molar-refractivity contribution in [1.29, 1.82) is 0 Å². The molecule has 0 amide bonds. The number of benzene rings is 2. The predicted molar refractivity (Wildman–Crippen MR) is 84.6 cm³/mol. The number of H-pyrrole nitrogens is 1. The molecule has 0 aliphatic carbocycles. The van der Waals surface area contributed by atoms with Gasteiger partial charge in [0.05, 0.1) is 0 Å². The molecule has 3 heteroatoms. The molecule has 2 aromatic carbocycles. The smallest absolute Gasteiger partial charge is 0.115 e. The summed E-state index contributed by atoms with van der Waals surface area (Å²) in [6.45, 7) is 1.90. The van der Waals surface area contributed by atoms with Crippen molar-refractivity contribution in [2.75, 3.05) is 13.6 Å². The summed E-state index contributed by atoms with van der Waals surface area (Å²) in [5.74, 6) is 0.703.